The van der Waals surface area contributed by atoms with E-state index in [1.807, 2.05) is 19.1 Å². The van der Waals surface area contributed by atoms with Crippen molar-refractivity contribution in [3.8, 4) is 0 Å². The van der Waals surface area contributed by atoms with E-state index < -0.39 is 0 Å². The Bertz CT molecular complexity index is 561. The Balaban J connectivity index is 1.43. The van der Waals surface area contributed by atoms with Gasteiger partial charge >= 0.3 is 0 Å². The summed E-state index contributed by atoms with van der Waals surface area (Å²) in [6.07, 6.45) is 13.0. The number of hydrogen-bond acceptors (Lipinski definition) is 4. The van der Waals surface area contributed by atoms with Gasteiger partial charge in [0, 0.05) is 57.9 Å². The van der Waals surface area contributed by atoms with Crippen molar-refractivity contribution in [3.63, 3.8) is 0 Å². The molecule has 1 saturated carbocycles. The maximum absolute atomic E-state index is 5.44. The minimum absolute atomic E-state index is 0.511. The zero-order valence-electron chi connectivity index (χ0n) is 18.2. The molecule has 0 radical (unpaired) electrons. The second-order valence-corrected chi connectivity index (χ2v) is 8.28. The summed E-state index contributed by atoms with van der Waals surface area (Å²) in [4.78, 5) is 7.52. The number of ether oxygens (including phenoxy) is 1. The van der Waals surface area contributed by atoms with Crippen LogP contribution in [0.4, 0.5) is 0 Å². The van der Waals surface area contributed by atoms with Gasteiger partial charge in [0.05, 0.1) is 6.26 Å². The average molecular weight is 405 g/mol. The lowest BCUT2D eigenvalue weighted by atomic mass is 9.92. The maximum atomic E-state index is 5.44. The number of likely N-dealkylation sites (tertiary alicyclic amines) is 1. The molecule has 3 rings (SSSR count). The normalized spacial score (nSPS) is 20.1. The standard InChI is InChI=1S/C23H40N4O2/c1-2-28-18-7-14-24-23(25-15-11-22-10-6-19-29-22)26-20-12-16-27(17-13-20)21-8-4-3-5-9-21/h6,10,19-21H,2-5,7-9,11-18H2,1H3,(H2,24,25,26). The lowest BCUT2D eigenvalue weighted by Crippen LogP contribution is -2.51. The molecule has 6 nitrogen and oxygen atoms in total. The van der Waals surface area contributed by atoms with Gasteiger partial charge < -0.3 is 24.7 Å². The molecule has 2 N–H and O–H groups in total. The Kier molecular flexibility index (Phi) is 9.87. The van der Waals surface area contributed by atoms with Gasteiger partial charge in [0.25, 0.3) is 0 Å². The van der Waals surface area contributed by atoms with Crippen molar-refractivity contribution in [1.82, 2.24) is 15.5 Å². The van der Waals surface area contributed by atoms with E-state index in [4.69, 9.17) is 14.1 Å². The van der Waals surface area contributed by atoms with E-state index >= 15 is 0 Å². The average Bonchev–Trinajstić information content (AvgIpc) is 3.28. The van der Waals surface area contributed by atoms with E-state index in [1.54, 1.807) is 6.26 Å². The second kappa shape index (κ2) is 12.9. The first-order chi connectivity index (χ1) is 14.3. The van der Waals surface area contributed by atoms with Gasteiger partial charge in [-0.1, -0.05) is 19.3 Å². The number of nitrogens with one attached hydrogen (secondary N) is 2. The Labute approximate surface area is 176 Å². The van der Waals surface area contributed by atoms with Crippen molar-refractivity contribution in [2.24, 2.45) is 4.99 Å². The van der Waals surface area contributed by atoms with Crippen molar-refractivity contribution in [2.45, 2.75) is 76.8 Å². The Hall–Kier alpha value is -1.53. The fraction of sp³-hybridized carbons (Fsp3) is 0.783. The highest BCUT2D eigenvalue weighted by Gasteiger charge is 2.26. The van der Waals surface area contributed by atoms with E-state index in [0.717, 1.165) is 56.9 Å². The first kappa shape index (κ1) is 22.2. The van der Waals surface area contributed by atoms with E-state index in [0.29, 0.717) is 6.04 Å². The molecule has 164 valence electrons. The SMILES string of the molecule is CCOCCCN=C(NCCc1ccco1)NC1CCN(C2CCCCC2)CC1. The van der Waals surface area contributed by atoms with Gasteiger partial charge in [-0.15, -0.1) is 0 Å². The quantitative estimate of drug-likeness (QED) is 0.355. The van der Waals surface area contributed by atoms with E-state index in [9.17, 15) is 0 Å². The van der Waals surface area contributed by atoms with Crippen LogP contribution >= 0.6 is 0 Å². The summed E-state index contributed by atoms with van der Waals surface area (Å²) in [5.74, 6) is 1.94. The van der Waals surface area contributed by atoms with Gasteiger partial charge in [0.1, 0.15) is 5.76 Å². The van der Waals surface area contributed by atoms with Crippen LogP contribution in [0.15, 0.2) is 27.8 Å². The van der Waals surface area contributed by atoms with E-state index in [-0.39, 0.29) is 0 Å². The van der Waals surface area contributed by atoms with E-state index in [1.165, 1.54) is 58.0 Å². The molecule has 0 unspecified atom stereocenters. The van der Waals surface area contributed by atoms with Gasteiger partial charge in [-0.2, -0.15) is 0 Å². The lowest BCUT2D eigenvalue weighted by Gasteiger charge is -2.39. The van der Waals surface area contributed by atoms with Crippen LogP contribution in [-0.4, -0.2) is 62.3 Å². The molecular weight excluding hydrogens is 364 g/mol. The predicted molar refractivity (Wildman–Crippen MR) is 118 cm³/mol. The van der Waals surface area contributed by atoms with Crippen LogP contribution in [0.3, 0.4) is 0 Å². The monoisotopic (exact) mass is 404 g/mol. The largest absolute Gasteiger partial charge is 0.469 e. The number of aliphatic imine (C=N–C) groups is 1. The third kappa shape index (κ3) is 8.01. The van der Waals surface area contributed by atoms with Crippen molar-refractivity contribution < 1.29 is 9.15 Å². The molecule has 1 aliphatic heterocycles. The predicted octanol–water partition coefficient (Wildman–Crippen LogP) is 3.58. The molecule has 0 amide bonds. The van der Waals surface area contributed by atoms with Gasteiger partial charge in [-0.3, -0.25) is 4.99 Å². The number of guanidine groups is 1. The van der Waals surface area contributed by atoms with Crippen LogP contribution in [0, 0.1) is 0 Å². The Morgan fingerprint density at radius 2 is 2.03 bits per heavy atom. The molecule has 1 aromatic rings. The smallest absolute Gasteiger partial charge is 0.191 e. The Morgan fingerprint density at radius 3 is 2.76 bits per heavy atom. The van der Waals surface area contributed by atoms with Gasteiger partial charge in [0.15, 0.2) is 5.96 Å². The molecule has 2 heterocycles. The summed E-state index contributed by atoms with van der Waals surface area (Å²) >= 11 is 0. The molecule has 0 aromatic carbocycles. The van der Waals surface area contributed by atoms with Crippen molar-refractivity contribution in [3.05, 3.63) is 24.2 Å². The van der Waals surface area contributed by atoms with Crippen LogP contribution in [0.2, 0.25) is 0 Å². The molecule has 0 atom stereocenters. The van der Waals surface area contributed by atoms with Crippen molar-refractivity contribution in [1.29, 1.82) is 0 Å². The third-order valence-electron chi connectivity index (χ3n) is 6.13. The lowest BCUT2D eigenvalue weighted by molar-refractivity contribution is 0.119. The van der Waals surface area contributed by atoms with Crippen LogP contribution in [0.5, 0.6) is 0 Å². The summed E-state index contributed by atoms with van der Waals surface area (Å²) in [5.41, 5.74) is 0. The topological polar surface area (TPSA) is 62.0 Å². The van der Waals surface area contributed by atoms with Crippen LogP contribution in [0.1, 0.15) is 64.1 Å². The summed E-state index contributed by atoms with van der Waals surface area (Å²) in [6, 6.07) is 5.31. The zero-order valence-corrected chi connectivity index (χ0v) is 18.2. The summed E-state index contributed by atoms with van der Waals surface area (Å²) in [5, 5.41) is 7.19. The first-order valence-electron chi connectivity index (χ1n) is 11.7. The van der Waals surface area contributed by atoms with Crippen molar-refractivity contribution >= 4 is 5.96 Å². The molecule has 1 aromatic heterocycles. The fourth-order valence-corrected chi connectivity index (χ4v) is 4.46. The van der Waals surface area contributed by atoms with E-state index in [2.05, 4.69) is 15.5 Å². The molecular formula is C23H40N4O2. The molecule has 2 aliphatic rings. The molecule has 2 fully saturated rings. The third-order valence-corrected chi connectivity index (χ3v) is 6.13. The minimum atomic E-state index is 0.511. The highest BCUT2D eigenvalue weighted by atomic mass is 16.5. The summed E-state index contributed by atoms with van der Waals surface area (Å²) in [7, 11) is 0. The number of hydrogen-bond donors (Lipinski definition) is 2. The highest BCUT2D eigenvalue weighted by Crippen LogP contribution is 2.25. The summed E-state index contributed by atoms with van der Waals surface area (Å²) in [6.45, 7) is 7.63. The fourth-order valence-electron chi connectivity index (χ4n) is 4.46. The van der Waals surface area contributed by atoms with Crippen molar-refractivity contribution in [2.75, 3.05) is 39.4 Å². The number of nitrogens with zero attached hydrogens (tertiary/aromatic N) is 2. The first-order valence-corrected chi connectivity index (χ1v) is 11.7. The van der Waals surface area contributed by atoms with Crippen LogP contribution in [-0.2, 0) is 11.2 Å². The van der Waals surface area contributed by atoms with Crippen LogP contribution in [0.25, 0.3) is 0 Å². The minimum Gasteiger partial charge on any atom is -0.469 e. The number of furan rings is 1. The zero-order chi connectivity index (χ0) is 20.2. The maximum Gasteiger partial charge on any atom is 0.191 e. The van der Waals surface area contributed by atoms with Gasteiger partial charge in [-0.25, -0.2) is 0 Å². The number of piperidine rings is 1. The number of rotatable bonds is 10. The molecule has 0 bridgehead atoms. The molecule has 6 heteroatoms. The van der Waals surface area contributed by atoms with Crippen LogP contribution < -0.4 is 10.6 Å². The van der Waals surface area contributed by atoms with Gasteiger partial charge in [-0.05, 0) is 51.2 Å². The highest BCUT2D eigenvalue weighted by molar-refractivity contribution is 5.80. The molecule has 29 heavy (non-hydrogen) atoms. The second-order valence-electron chi connectivity index (χ2n) is 8.28. The molecule has 1 saturated heterocycles. The van der Waals surface area contributed by atoms with Gasteiger partial charge in [0.2, 0.25) is 0 Å². The molecule has 0 spiro atoms. The Morgan fingerprint density at radius 1 is 1.21 bits per heavy atom. The molecule has 1 aliphatic carbocycles. The summed E-state index contributed by atoms with van der Waals surface area (Å²) < 4.78 is 10.9.